The largest absolute Gasteiger partial charge is 0.480 e. The molecule has 1 amide bonds. The second kappa shape index (κ2) is 8.91. The highest BCUT2D eigenvalue weighted by Gasteiger charge is 2.41. The van der Waals surface area contributed by atoms with Crippen LogP contribution >= 0.6 is 0 Å². The molecule has 0 saturated heterocycles. The van der Waals surface area contributed by atoms with Gasteiger partial charge in [0.1, 0.15) is 11.6 Å². The molecule has 1 atom stereocenters. The monoisotopic (exact) mass is 353 g/mol. The predicted molar refractivity (Wildman–Crippen MR) is 97.4 cm³/mol. The van der Waals surface area contributed by atoms with Crippen LogP contribution < -0.4 is 5.32 Å². The van der Waals surface area contributed by atoms with E-state index in [0.29, 0.717) is 11.8 Å². The second-order valence-electron chi connectivity index (χ2n) is 8.84. The fourth-order valence-corrected chi connectivity index (χ4v) is 4.72. The van der Waals surface area contributed by atoms with Crippen LogP contribution in [0.25, 0.3) is 0 Å². The van der Waals surface area contributed by atoms with Gasteiger partial charge in [0.2, 0.25) is 0 Å². The maximum atomic E-state index is 12.2. The Balaban J connectivity index is 2.16. The maximum absolute atomic E-state index is 12.2. The SMILES string of the molecule is CC(C)(C)OC(=O)N[C@H](C(=O)O)C(C1CCCCC1)C1CCCCC1. The first kappa shape index (κ1) is 20.1. The number of rotatable bonds is 5. The van der Waals surface area contributed by atoms with Gasteiger partial charge in [-0.1, -0.05) is 64.2 Å². The third-order valence-electron chi connectivity index (χ3n) is 5.71. The van der Waals surface area contributed by atoms with Gasteiger partial charge in [0.15, 0.2) is 0 Å². The molecular weight excluding hydrogens is 318 g/mol. The average molecular weight is 354 g/mol. The van der Waals surface area contributed by atoms with Gasteiger partial charge in [-0.15, -0.1) is 0 Å². The summed E-state index contributed by atoms with van der Waals surface area (Å²) in [6.07, 6.45) is 10.9. The van der Waals surface area contributed by atoms with Crippen molar-refractivity contribution in [1.82, 2.24) is 5.32 Å². The molecule has 2 aliphatic carbocycles. The zero-order chi connectivity index (χ0) is 18.4. The molecule has 2 aliphatic rings. The van der Waals surface area contributed by atoms with Gasteiger partial charge in [-0.25, -0.2) is 9.59 Å². The summed E-state index contributed by atoms with van der Waals surface area (Å²) >= 11 is 0. The first-order valence-electron chi connectivity index (χ1n) is 10.0. The lowest BCUT2D eigenvalue weighted by Crippen LogP contribution is -2.52. The van der Waals surface area contributed by atoms with Crippen molar-refractivity contribution in [3.05, 3.63) is 0 Å². The molecule has 0 radical (unpaired) electrons. The number of carbonyl (C=O) groups is 2. The third-order valence-corrected chi connectivity index (χ3v) is 5.71. The van der Waals surface area contributed by atoms with Gasteiger partial charge in [0.05, 0.1) is 0 Å². The van der Waals surface area contributed by atoms with Crippen molar-refractivity contribution in [2.24, 2.45) is 17.8 Å². The minimum atomic E-state index is -0.924. The molecule has 2 saturated carbocycles. The van der Waals surface area contributed by atoms with E-state index in [0.717, 1.165) is 25.7 Å². The number of hydrogen-bond acceptors (Lipinski definition) is 3. The van der Waals surface area contributed by atoms with Crippen molar-refractivity contribution in [2.45, 2.75) is 96.6 Å². The normalized spacial score (nSPS) is 21.8. The summed E-state index contributed by atoms with van der Waals surface area (Å²) in [4.78, 5) is 24.3. The number of nitrogens with one attached hydrogen (secondary N) is 1. The van der Waals surface area contributed by atoms with Crippen LogP contribution in [0.4, 0.5) is 4.79 Å². The van der Waals surface area contributed by atoms with Gasteiger partial charge in [0.25, 0.3) is 0 Å². The van der Waals surface area contributed by atoms with E-state index in [1.165, 1.54) is 38.5 Å². The van der Waals surface area contributed by atoms with Crippen LogP contribution in [0, 0.1) is 17.8 Å². The van der Waals surface area contributed by atoms with Gasteiger partial charge in [0, 0.05) is 0 Å². The van der Waals surface area contributed by atoms with E-state index in [1.807, 2.05) is 0 Å². The van der Waals surface area contributed by atoms with E-state index in [2.05, 4.69) is 5.32 Å². The molecule has 0 aromatic heterocycles. The van der Waals surface area contributed by atoms with Crippen LogP contribution in [-0.4, -0.2) is 28.8 Å². The molecule has 25 heavy (non-hydrogen) atoms. The summed E-state index contributed by atoms with van der Waals surface area (Å²) < 4.78 is 5.33. The minimum Gasteiger partial charge on any atom is -0.480 e. The standard InChI is InChI=1S/C20H35NO4/c1-20(2,3)25-19(24)21-17(18(22)23)16(14-10-6-4-7-11-14)15-12-8-5-9-13-15/h14-17H,4-13H2,1-3H3,(H,21,24)(H,22,23)/t17-/m0/s1. The van der Waals surface area contributed by atoms with Crippen molar-refractivity contribution in [3.63, 3.8) is 0 Å². The van der Waals surface area contributed by atoms with E-state index in [-0.39, 0.29) is 5.92 Å². The smallest absolute Gasteiger partial charge is 0.408 e. The van der Waals surface area contributed by atoms with Crippen LogP contribution in [0.2, 0.25) is 0 Å². The molecule has 0 aliphatic heterocycles. The fraction of sp³-hybridized carbons (Fsp3) is 0.900. The van der Waals surface area contributed by atoms with Crippen LogP contribution in [0.3, 0.4) is 0 Å². The van der Waals surface area contributed by atoms with Gasteiger partial charge in [-0.05, 0) is 38.5 Å². The van der Waals surface area contributed by atoms with Gasteiger partial charge in [-0.2, -0.15) is 0 Å². The molecule has 2 N–H and O–H groups in total. The quantitative estimate of drug-likeness (QED) is 0.748. The topological polar surface area (TPSA) is 75.6 Å². The zero-order valence-corrected chi connectivity index (χ0v) is 16.1. The molecule has 0 aromatic carbocycles. The van der Waals surface area contributed by atoms with E-state index >= 15 is 0 Å². The Hall–Kier alpha value is -1.26. The molecule has 0 bridgehead atoms. The molecule has 2 rings (SSSR count). The Morgan fingerprint density at radius 3 is 1.72 bits per heavy atom. The summed E-state index contributed by atoms with van der Waals surface area (Å²) in [5.74, 6) is -0.113. The zero-order valence-electron chi connectivity index (χ0n) is 16.1. The molecule has 5 nitrogen and oxygen atoms in total. The molecule has 0 heterocycles. The first-order valence-corrected chi connectivity index (χ1v) is 10.0. The second-order valence-corrected chi connectivity index (χ2v) is 8.84. The Bertz CT molecular complexity index is 427. The summed E-state index contributed by atoms with van der Waals surface area (Å²) in [5.41, 5.74) is -0.627. The van der Waals surface area contributed by atoms with Crippen molar-refractivity contribution in [1.29, 1.82) is 0 Å². The Kier molecular flexibility index (Phi) is 7.14. The minimum absolute atomic E-state index is 0.0191. The molecule has 2 fully saturated rings. The number of ether oxygens (including phenoxy) is 1. The lowest BCUT2D eigenvalue weighted by molar-refractivity contribution is -0.143. The molecule has 0 aromatic rings. The lowest BCUT2D eigenvalue weighted by Gasteiger charge is -2.41. The Morgan fingerprint density at radius 1 is 0.920 bits per heavy atom. The van der Waals surface area contributed by atoms with Crippen molar-refractivity contribution in [3.8, 4) is 0 Å². The number of hydrogen-bond donors (Lipinski definition) is 2. The number of amides is 1. The molecule has 144 valence electrons. The lowest BCUT2D eigenvalue weighted by atomic mass is 9.66. The van der Waals surface area contributed by atoms with Crippen LogP contribution in [0.15, 0.2) is 0 Å². The van der Waals surface area contributed by atoms with Gasteiger partial charge >= 0.3 is 12.1 Å². The number of carbonyl (C=O) groups excluding carboxylic acids is 1. The first-order chi connectivity index (χ1) is 11.8. The van der Waals surface area contributed by atoms with Gasteiger partial charge in [-0.3, -0.25) is 0 Å². The van der Waals surface area contributed by atoms with Crippen LogP contribution in [-0.2, 0) is 9.53 Å². The number of alkyl carbamates (subject to hydrolysis) is 1. The summed E-state index contributed by atoms with van der Waals surface area (Å²) in [7, 11) is 0. The summed E-state index contributed by atoms with van der Waals surface area (Å²) in [5, 5.41) is 12.6. The number of carboxylic acids is 1. The van der Waals surface area contributed by atoms with Crippen molar-refractivity contribution in [2.75, 3.05) is 0 Å². The van der Waals surface area contributed by atoms with E-state index in [4.69, 9.17) is 4.74 Å². The maximum Gasteiger partial charge on any atom is 0.408 e. The third kappa shape index (κ3) is 6.19. The molecular formula is C20H35NO4. The molecule has 5 heteroatoms. The van der Waals surface area contributed by atoms with Gasteiger partial charge < -0.3 is 15.2 Å². The highest BCUT2D eigenvalue weighted by Crippen LogP contribution is 2.41. The van der Waals surface area contributed by atoms with E-state index < -0.39 is 23.7 Å². The van der Waals surface area contributed by atoms with Crippen LogP contribution in [0.1, 0.15) is 85.0 Å². The van der Waals surface area contributed by atoms with E-state index in [9.17, 15) is 14.7 Å². The summed E-state index contributed by atoms with van der Waals surface area (Å²) in [6.45, 7) is 5.38. The van der Waals surface area contributed by atoms with E-state index in [1.54, 1.807) is 20.8 Å². The van der Waals surface area contributed by atoms with Crippen molar-refractivity contribution < 1.29 is 19.4 Å². The molecule has 0 unspecified atom stereocenters. The number of aliphatic carboxylic acids is 1. The predicted octanol–water partition coefficient (Wildman–Crippen LogP) is 4.74. The van der Waals surface area contributed by atoms with Crippen molar-refractivity contribution >= 4 is 12.1 Å². The van der Waals surface area contributed by atoms with Crippen LogP contribution in [0.5, 0.6) is 0 Å². The fourth-order valence-electron chi connectivity index (χ4n) is 4.72. The Labute approximate surface area is 151 Å². The highest BCUT2D eigenvalue weighted by molar-refractivity contribution is 5.80. The number of carboxylic acid groups (broad SMARTS) is 1. The Morgan fingerprint density at radius 2 is 1.36 bits per heavy atom. The summed E-state index contributed by atoms with van der Waals surface area (Å²) in [6, 6.07) is -0.846. The average Bonchev–Trinajstić information content (AvgIpc) is 2.54. The highest BCUT2D eigenvalue weighted by atomic mass is 16.6. The molecule has 0 spiro atoms.